The Bertz CT molecular complexity index is 735. The number of nitro groups is 1. The lowest BCUT2D eigenvalue weighted by Gasteiger charge is -2.17. The lowest BCUT2D eigenvalue weighted by molar-refractivity contribution is -0.385. The molecule has 0 saturated carbocycles. The topological polar surface area (TPSA) is 52.4 Å². The highest BCUT2D eigenvalue weighted by Gasteiger charge is 2.20. The molecule has 0 N–H and O–H groups in total. The quantitative estimate of drug-likeness (QED) is 0.629. The Balaban J connectivity index is 2.12. The number of methoxy groups -OCH3 is 1. The molecule has 0 heterocycles. The molecule has 0 amide bonds. The minimum absolute atomic E-state index is 0.126. The lowest BCUT2D eigenvalue weighted by Crippen LogP contribution is -2.02. The van der Waals surface area contributed by atoms with Crippen molar-refractivity contribution in [1.82, 2.24) is 0 Å². The van der Waals surface area contributed by atoms with E-state index in [1.807, 2.05) is 24.3 Å². The number of allylic oxidation sites excluding steroid dienone is 1. The number of nitrogens with zero attached hydrogens (tertiary/aromatic N) is 1. The standard InChI is InChI=1S/C17H15NO3/c1-21-15-8-9-17(18(19)20)16(11-15)14-7-6-12-4-2-3-5-13(12)10-14/h2-5,8-11H,6-7H2,1H3. The second-order valence-electron chi connectivity index (χ2n) is 5.01. The van der Waals surface area contributed by atoms with Crippen molar-refractivity contribution in [2.24, 2.45) is 0 Å². The van der Waals surface area contributed by atoms with Crippen molar-refractivity contribution in [3.63, 3.8) is 0 Å². The van der Waals surface area contributed by atoms with Gasteiger partial charge in [0.15, 0.2) is 0 Å². The SMILES string of the molecule is COc1ccc([N+](=O)[O-])c(C2=Cc3ccccc3CC2)c1. The second-order valence-corrected chi connectivity index (χ2v) is 5.01. The van der Waals surface area contributed by atoms with E-state index in [-0.39, 0.29) is 10.6 Å². The molecule has 0 fully saturated rings. The molecule has 0 aromatic heterocycles. The first kappa shape index (κ1) is 13.4. The zero-order valence-electron chi connectivity index (χ0n) is 11.7. The third-order valence-electron chi connectivity index (χ3n) is 3.79. The monoisotopic (exact) mass is 281 g/mol. The number of hydrogen-bond donors (Lipinski definition) is 0. The average Bonchev–Trinajstić information content (AvgIpc) is 2.53. The molecule has 4 heteroatoms. The number of nitro benzene ring substituents is 1. The van der Waals surface area contributed by atoms with Gasteiger partial charge in [0, 0.05) is 6.07 Å². The van der Waals surface area contributed by atoms with E-state index in [1.54, 1.807) is 19.2 Å². The Morgan fingerprint density at radius 1 is 1.14 bits per heavy atom. The van der Waals surface area contributed by atoms with Crippen LogP contribution in [0.5, 0.6) is 5.75 Å². The van der Waals surface area contributed by atoms with Gasteiger partial charge >= 0.3 is 0 Å². The van der Waals surface area contributed by atoms with Crippen molar-refractivity contribution in [1.29, 1.82) is 0 Å². The number of aryl methyl sites for hydroxylation is 1. The van der Waals surface area contributed by atoms with Crippen LogP contribution in [0, 0.1) is 10.1 Å². The lowest BCUT2D eigenvalue weighted by atomic mass is 9.88. The first-order valence-corrected chi connectivity index (χ1v) is 6.80. The van der Waals surface area contributed by atoms with Crippen LogP contribution in [0.3, 0.4) is 0 Å². The molecule has 2 aromatic carbocycles. The Hall–Kier alpha value is -2.62. The van der Waals surface area contributed by atoms with Crippen molar-refractivity contribution in [2.75, 3.05) is 7.11 Å². The average molecular weight is 281 g/mol. The van der Waals surface area contributed by atoms with Gasteiger partial charge in [0.1, 0.15) is 5.75 Å². The van der Waals surface area contributed by atoms with Crippen molar-refractivity contribution in [3.05, 3.63) is 69.3 Å². The summed E-state index contributed by atoms with van der Waals surface area (Å²) in [7, 11) is 1.56. The maximum Gasteiger partial charge on any atom is 0.277 e. The van der Waals surface area contributed by atoms with E-state index >= 15 is 0 Å². The predicted octanol–water partition coefficient (Wildman–Crippen LogP) is 4.09. The number of fused-ring (bicyclic) bond motifs is 1. The van der Waals surface area contributed by atoms with Gasteiger partial charge in [-0.25, -0.2) is 0 Å². The van der Waals surface area contributed by atoms with Crippen LogP contribution >= 0.6 is 0 Å². The van der Waals surface area contributed by atoms with E-state index in [9.17, 15) is 10.1 Å². The molecule has 0 spiro atoms. The normalized spacial score (nSPS) is 13.3. The summed E-state index contributed by atoms with van der Waals surface area (Å²) < 4.78 is 5.20. The molecule has 0 aliphatic heterocycles. The molecule has 106 valence electrons. The highest BCUT2D eigenvalue weighted by Crippen LogP contribution is 2.36. The molecule has 0 radical (unpaired) electrons. The molecule has 1 aliphatic carbocycles. The molecular weight excluding hydrogens is 266 g/mol. The fourth-order valence-corrected chi connectivity index (χ4v) is 2.70. The van der Waals surface area contributed by atoms with Crippen LogP contribution in [0.1, 0.15) is 23.1 Å². The first-order chi connectivity index (χ1) is 10.2. The summed E-state index contributed by atoms with van der Waals surface area (Å²) in [5.41, 5.74) is 4.18. The van der Waals surface area contributed by atoms with E-state index in [4.69, 9.17) is 4.74 Å². The molecule has 0 unspecified atom stereocenters. The highest BCUT2D eigenvalue weighted by atomic mass is 16.6. The number of hydrogen-bond acceptors (Lipinski definition) is 3. The zero-order valence-corrected chi connectivity index (χ0v) is 11.7. The van der Waals surface area contributed by atoms with Gasteiger partial charge in [-0.2, -0.15) is 0 Å². The second kappa shape index (κ2) is 5.40. The highest BCUT2D eigenvalue weighted by molar-refractivity contribution is 5.88. The van der Waals surface area contributed by atoms with Crippen LogP contribution in [0.25, 0.3) is 11.6 Å². The molecule has 0 bridgehead atoms. The van der Waals surface area contributed by atoms with Crippen LogP contribution in [0.4, 0.5) is 5.69 Å². The van der Waals surface area contributed by atoms with Gasteiger partial charge in [-0.15, -0.1) is 0 Å². The summed E-state index contributed by atoms with van der Waals surface area (Å²) >= 11 is 0. The van der Waals surface area contributed by atoms with Gasteiger partial charge in [-0.1, -0.05) is 30.3 Å². The van der Waals surface area contributed by atoms with E-state index in [2.05, 4.69) is 6.07 Å². The van der Waals surface area contributed by atoms with Crippen molar-refractivity contribution >= 4 is 17.3 Å². The first-order valence-electron chi connectivity index (χ1n) is 6.80. The number of benzene rings is 2. The molecular formula is C17H15NO3. The fraction of sp³-hybridized carbons (Fsp3) is 0.176. The van der Waals surface area contributed by atoms with E-state index in [1.165, 1.54) is 11.6 Å². The molecule has 0 atom stereocenters. The van der Waals surface area contributed by atoms with Gasteiger partial charge in [-0.05, 0) is 41.7 Å². The minimum Gasteiger partial charge on any atom is -0.497 e. The van der Waals surface area contributed by atoms with E-state index in [0.717, 1.165) is 24.0 Å². The van der Waals surface area contributed by atoms with Gasteiger partial charge in [0.05, 0.1) is 17.6 Å². The summed E-state index contributed by atoms with van der Waals surface area (Å²) in [5.74, 6) is 0.635. The maximum absolute atomic E-state index is 11.2. The van der Waals surface area contributed by atoms with Crippen LogP contribution in [-0.2, 0) is 6.42 Å². The molecule has 3 rings (SSSR count). The summed E-state index contributed by atoms with van der Waals surface area (Å²) in [6.45, 7) is 0. The minimum atomic E-state index is -0.337. The van der Waals surface area contributed by atoms with E-state index in [0.29, 0.717) is 11.3 Å². The Labute approximate surface area is 122 Å². The van der Waals surface area contributed by atoms with E-state index < -0.39 is 0 Å². The van der Waals surface area contributed by atoms with Gasteiger partial charge in [0.2, 0.25) is 0 Å². The third-order valence-corrected chi connectivity index (χ3v) is 3.79. The van der Waals surface area contributed by atoms with Crippen molar-refractivity contribution in [3.8, 4) is 5.75 Å². The maximum atomic E-state index is 11.2. The summed E-state index contributed by atoms with van der Waals surface area (Å²) in [5, 5.41) is 11.2. The Morgan fingerprint density at radius 3 is 2.71 bits per heavy atom. The zero-order chi connectivity index (χ0) is 14.8. The van der Waals surface area contributed by atoms with Crippen molar-refractivity contribution in [2.45, 2.75) is 12.8 Å². The molecule has 21 heavy (non-hydrogen) atoms. The fourth-order valence-electron chi connectivity index (χ4n) is 2.70. The Morgan fingerprint density at radius 2 is 1.95 bits per heavy atom. The summed E-state index contributed by atoms with van der Waals surface area (Å²) in [6.07, 6.45) is 3.74. The van der Waals surface area contributed by atoms with Crippen molar-refractivity contribution < 1.29 is 9.66 Å². The molecule has 0 saturated heterocycles. The van der Waals surface area contributed by atoms with Crippen LogP contribution in [0.2, 0.25) is 0 Å². The van der Waals surface area contributed by atoms with Gasteiger partial charge in [-0.3, -0.25) is 10.1 Å². The van der Waals surface area contributed by atoms with Gasteiger partial charge < -0.3 is 4.74 Å². The molecule has 2 aromatic rings. The number of ether oxygens (including phenoxy) is 1. The Kier molecular flexibility index (Phi) is 3.44. The van der Waals surface area contributed by atoms with Crippen LogP contribution < -0.4 is 4.74 Å². The smallest absolute Gasteiger partial charge is 0.277 e. The third kappa shape index (κ3) is 2.52. The largest absolute Gasteiger partial charge is 0.497 e. The summed E-state index contributed by atoms with van der Waals surface area (Å²) in [4.78, 5) is 10.9. The molecule has 4 nitrogen and oxygen atoms in total. The van der Waals surface area contributed by atoms with Crippen LogP contribution in [0.15, 0.2) is 42.5 Å². The van der Waals surface area contributed by atoms with Gasteiger partial charge in [0.25, 0.3) is 5.69 Å². The summed E-state index contributed by atoms with van der Waals surface area (Å²) in [6, 6.07) is 13.0. The van der Waals surface area contributed by atoms with Crippen LogP contribution in [-0.4, -0.2) is 12.0 Å². The number of rotatable bonds is 3. The molecule has 1 aliphatic rings. The predicted molar refractivity (Wildman–Crippen MR) is 82.3 cm³/mol.